The number of hydrogen-bond donors (Lipinski definition) is 2. The summed E-state index contributed by atoms with van der Waals surface area (Å²) in [4.78, 5) is 40.3. The number of carbonyl (C=O) groups excluding carboxylic acids is 3. The molecule has 8 nitrogen and oxygen atoms in total. The predicted octanol–water partition coefficient (Wildman–Crippen LogP) is 1.27. The van der Waals surface area contributed by atoms with Crippen LogP contribution in [0.4, 0.5) is 0 Å². The Kier molecular flexibility index (Phi) is 8.20. The topological polar surface area (TPSA) is 118 Å². The van der Waals surface area contributed by atoms with Crippen molar-refractivity contribution in [1.29, 1.82) is 5.41 Å². The van der Waals surface area contributed by atoms with Crippen LogP contribution >= 0.6 is 11.3 Å². The van der Waals surface area contributed by atoms with Crippen LogP contribution in [0.2, 0.25) is 0 Å². The molecule has 1 aromatic heterocycles. The van der Waals surface area contributed by atoms with Crippen LogP contribution in [0.3, 0.4) is 0 Å². The number of carbonyl (C=O) groups is 3. The van der Waals surface area contributed by atoms with Gasteiger partial charge in [0.1, 0.15) is 6.04 Å². The molecule has 0 aliphatic rings. The van der Waals surface area contributed by atoms with E-state index in [0.717, 1.165) is 0 Å². The first-order chi connectivity index (χ1) is 11.4. The smallest absolute Gasteiger partial charge is 0.328 e. The Morgan fingerprint density at radius 3 is 2.62 bits per heavy atom. The van der Waals surface area contributed by atoms with Gasteiger partial charge in [0.15, 0.2) is 11.9 Å². The van der Waals surface area contributed by atoms with Crippen LogP contribution in [0, 0.1) is 5.41 Å². The summed E-state index contributed by atoms with van der Waals surface area (Å²) in [7, 11) is 1.38. The van der Waals surface area contributed by atoms with Gasteiger partial charge in [0, 0.05) is 19.7 Å². The molecule has 1 amide bonds. The highest BCUT2D eigenvalue weighted by Gasteiger charge is 2.29. The molecule has 1 heterocycles. The predicted molar refractivity (Wildman–Crippen MR) is 88.0 cm³/mol. The number of amides is 1. The molecule has 0 unspecified atom stereocenters. The first kappa shape index (κ1) is 19.9. The Balaban J connectivity index is 2.81. The summed E-state index contributed by atoms with van der Waals surface area (Å²) in [5, 5.41) is 9.46. The molecular formula is C15H21N3O5S. The fourth-order valence-corrected chi connectivity index (χ4v) is 2.57. The maximum atomic E-state index is 12.4. The normalized spacial score (nSPS) is 13.2. The molecule has 24 heavy (non-hydrogen) atoms. The lowest BCUT2D eigenvalue weighted by Gasteiger charge is -2.21. The summed E-state index contributed by atoms with van der Waals surface area (Å²) in [5.74, 6) is -1.58. The molecule has 2 atom stereocenters. The Bertz CT molecular complexity index is 574. The van der Waals surface area contributed by atoms with E-state index in [1.54, 1.807) is 19.4 Å². The van der Waals surface area contributed by atoms with Gasteiger partial charge >= 0.3 is 5.97 Å². The lowest BCUT2D eigenvalue weighted by molar-refractivity contribution is -0.152. The van der Waals surface area contributed by atoms with E-state index in [0.29, 0.717) is 11.1 Å². The van der Waals surface area contributed by atoms with Gasteiger partial charge in [-0.15, -0.1) is 11.3 Å². The van der Waals surface area contributed by atoms with Crippen molar-refractivity contribution in [2.75, 3.05) is 7.11 Å². The highest BCUT2D eigenvalue weighted by Crippen LogP contribution is 2.21. The summed E-state index contributed by atoms with van der Waals surface area (Å²) in [6, 6.07) is -0.991. The third-order valence-electron chi connectivity index (χ3n) is 2.98. The third kappa shape index (κ3) is 6.17. The molecule has 0 aromatic carbocycles. The Hall–Kier alpha value is -2.13. The number of rotatable bonds is 10. The molecule has 0 fully saturated rings. The van der Waals surface area contributed by atoms with Gasteiger partial charge in [0.25, 0.3) is 5.91 Å². The maximum absolute atomic E-state index is 12.4. The zero-order valence-corrected chi connectivity index (χ0v) is 14.6. The maximum Gasteiger partial charge on any atom is 0.328 e. The van der Waals surface area contributed by atoms with Crippen molar-refractivity contribution in [3.05, 3.63) is 16.6 Å². The van der Waals surface area contributed by atoms with Gasteiger partial charge in [-0.3, -0.25) is 14.6 Å². The molecule has 0 bridgehead atoms. The second-order valence-corrected chi connectivity index (χ2v) is 6.13. The standard InChI is InChI=1S/C15H21N3O5S/c1-9(2)23-15(21)11(5-4-10(19)6-16)18-14(20)13(22-3)12-7-17-8-24-12/h6-9,11,13,16H,4-5H2,1-3H3,(H,18,20)/t11-,13-/m0/s1. The van der Waals surface area contributed by atoms with Crippen LogP contribution in [0.25, 0.3) is 0 Å². The van der Waals surface area contributed by atoms with Crippen molar-refractivity contribution in [2.24, 2.45) is 0 Å². The molecule has 0 saturated heterocycles. The second-order valence-electron chi connectivity index (χ2n) is 5.22. The lowest BCUT2D eigenvalue weighted by atomic mass is 10.1. The van der Waals surface area contributed by atoms with Crippen LogP contribution in [0.1, 0.15) is 37.7 Å². The number of hydrogen-bond acceptors (Lipinski definition) is 8. The largest absolute Gasteiger partial charge is 0.461 e. The van der Waals surface area contributed by atoms with Crippen molar-refractivity contribution < 1.29 is 23.9 Å². The number of Topliss-reactive ketones (excluding diaryl/α,β-unsaturated/α-hetero) is 1. The van der Waals surface area contributed by atoms with E-state index in [-0.39, 0.29) is 18.9 Å². The fourth-order valence-electron chi connectivity index (χ4n) is 1.88. The molecule has 1 aromatic rings. The van der Waals surface area contributed by atoms with E-state index in [1.165, 1.54) is 24.6 Å². The monoisotopic (exact) mass is 355 g/mol. The number of thiazole rings is 1. The first-order valence-electron chi connectivity index (χ1n) is 7.34. The van der Waals surface area contributed by atoms with Crippen LogP contribution in [-0.2, 0) is 23.9 Å². The molecule has 1 rings (SSSR count). The molecular weight excluding hydrogens is 334 g/mol. The minimum absolute atomic E-state index is 0.0418. The van der Waals surface area contributed by atoms with Gasteiger partial charge < -0.3 is 20.2 Å². The van der Waals surface area contributed by atoms with E-state index in [4.69, 9.17) is 14.9 Å². The van der Waals surface area contributed by atoms with Crippen molar-refractivity contribution in [1.82, 2.24) is 10.3 Å². The molecule has 0 saturated carbocycles. The van der Waals surface area contributed by atoms with Crippen LogP contribution < -0.4 is 5.32 Å². The zero-order valence-electron chi connectivity index (χ0n) is 13.8. The molecule has 0 spiro atoms. The first-order valence-corrected chi connectivity index (χ1v) is 8.22. The Morgan fingerprint density at radius 2 is 2.12 bits per heavy atom. The van der Waals surface area contributed by atoms with Crippen LogP contribution in [-0.4, -0.2) is 48.1 Å². The van der Waals surface area contributed by atoms with Gasteiger partial charge in [-0.2, -0.15) is 0 Å². The number of esters is 1. The summed E-state index contributed by atoms with van der Waals surface area (Å²) in [5.41, 5.74) is 1.57. The van der Waals surface area contributed by atoms with E-state index < -0.39 is 29.8 Å². The number of ketones is 1. The zero-order chi connectivity index (χ0) is 18.1. The van der Waals surface area contributed by atoms with Crippen LogP contribution in [0.15, 0.2) is 11.7 Å². The molecule has 9 heteroatoms. The summed E-state index contributed by atoms with van der Waals surface area (Å²) in [6.45, 7) is 3.38. The van der Waals surface area contributed by atoms with Gasteiger partial charge in [-0.1, -0.05) is 0 Å². The molecule has 0 aliphatic carbocycles. The van der Waals surface area contributed by atoms with Gasteiger partial charge in [0.2, 0.25) is 0 Å². The lowest BCUT2D eigenvalue weighted by Crippen LogP contribution is -2.45. The van der Waals surface area contributed by atoms with Gasteiger partial charge in [-0.05, 0) is 20.3 Å². The van der Waals surface area contributed by atoms with Gasteiger partial charge in [0.05, 0.1) is 22.7 Å². The number of nitrogens with zero attached hydrogens (tertiary/aromatic N) is 1. The summed E-state index contributed by atoms with van der Waals surface area (Å²) >= 11 is 1.25. The number of aromatic nitrogens is 1. The number of ether oxygens (including phenoxy) is 2. The average Bonchev–Trinajstić information content (AvgIpc) is 3.05. The SMILES string of the molecule is CO[C@H](C(=O)N[C@@H](CCC(=O)C=N)C(=O)OC(C)C)c1cncs1. The molecule has 0 aliphatic heterocycles. The summed E-state index contributed by atoms with van der Waals surface area (Å²) in [6.07, 6.45) is 0.950. The minimum Gasteiger partial charge on any atom is -0.461 e. The molecule has 0 radical (unpaired) electrons. The summed E-state index contributed by atoms with van der Waals surface area (Å²) < 4.78 is 10.3. The fraction of sp³-hybridized carbons (Fsp3) is 0.533. The second kappa shape index (κ2) is 9.89. The van der Waals surface area contributed by atoms with Gasteiger partial charge in [-0.25, -0.2) is 4.79 Å². The molecule has 132 valence electrons. The average molecular weight is 355 g/mol. The Labute approximate surface area is 144 Å². The van der Waals surface area contributed by atoms with E-state index in [9.17, 15) is 14.4 Å². The van der Waals surface area contributed by atoms with E-state index in [1.807, 2.05) is 0 Å². The number of methoxy groups -OCH3 is 1. The minimum atomic E-state index is -0.991. The number of nitrogens with one attached hydrogen (secondary N) is 2. The van der Waals surface area contributed by atoms with Crippen molar-refractivity contribution in [3.8, 4) is 0 Å². The van der Waals surface area contributed by atoms with E-state index >= 15 is 0 Å². The Morgan fingerprint density at radius 1 is 1.42 bits per heavy atom. The highest BCUT2D eigenvalue weighted by atomic mass is 32.1. The third-order valence-corrected chi connectivity index (χ3v) is 3.80. The quantitative estimate of drug-likeness (QED) is 0.482. The van der Waals surface area contributed by atoms with Crippen LogP contribution in [0.5, 0.6) is 0 Å². The van der Waals surface area contributed by atoms with Crippen molar-refractivity contribution in [3.63, 3.8) is 0 Å². The van der Waals surface area contributed by atoms with Crippen molar-refractivity contribution in [2.45, 2.75) is 44.9 Å². The van der Waals surface area contributed by atoms with Crippen molar-refractivity contribution >= 4 is 35.2 Å². The highest BCUT2D eigenvalue weighted by molar-refractivity contribution is 7.09. The van der Waals surface area contributed by atoms with E-state index in [2.05, 4.69) is 10.3 Å². The molecule has 2 N–H and O–H groups in total.